The molecule has 14 nitrogen and oxygen atoms in total. The Balaban J connectivity index is 1.79. The number of carbonyl (C=O) groups excluding carboxylic acids is 3. The third-order valence-electron chi connectivity index (χ3n) is 9.58. The smallest absolute Gasteiger partial charge is 0.309 e. The summed E-state index contributed by atoms with van der Waals surface area (Å²) in [4.78, 5) is 53.7. The van der Waals surface area contributed by atoms with Gasteiger partial charge >= 0.3 is 5.97 Å². The molecule has 0 aliphatic rings. The zero-order valence-electron chi connectivity index (χ0n) is 36.5. The molecule has 342 valence electrons. The van der Waals surface area contributed by atoms with Crippen LogP contribution < -0.4 is 44.4 Å². The first-order chi connectivity index (χ1) is 31.1. The molecule has 0 heterocycles. The predicted octanol–water partition coefficient (Wildman–Crippen LogP) is 8.08. The van der Waals surface area contributed by atoms with Gasteiger partial charge in [-0.1, -0.05) is 94.1 Å². The fraction of sp³-hybridized carbons (Fsp3) is 0.320. The number of carboxylic acids is 1. The summed E-state index contributed by atoms with van der Waals surface area (Å²) in [5, 5.41) is 19.5. The van der Waals surface area contributed by atoms with Gasteiger partial charge in [0.1, 0.15) is 39.6 Å². The number of para-hydroxylation sites is 3. The van der Waals surface area contributed by atoms with Crippen molar-refractivity contribution in [2.75, 3.05) is 59.3 Å². The van der Waals surface area contributed by atoms with E-state index in [9.17, 15) is 24.3 Å². The largest absolute Gasteiger partial charge is 0.486 e. The van der Waals surface area contributed by atoms with Crippen LogP contribution in [0.3, 0.4) is 0 Å². The molecular formula is C50H61N3O11. The number of benzene rings is 3. The van der Waals surface area contributed by atoms with Gasteiger partial charge in [-0.2, -0.15) is 0 Å². The number of hydrogen-bond acceptors (Lipinski definition) is 10. The normalized spacial score (nSPS) is 10.6. The second kappa shape index (κ2) is 28.4. The lowest BCUT2D eigenvalue weighted by atomic mass is 9.75. The molecule has 0 radical (unpaired) electrons. The Bertz CT molecular complexity index is 1860. The van der Waals surface area contributed by atoms with Gasteiger partial charge in [0.2, 0.25) is 0 Å². The molecule has 3 aromatic carbocycles. The van der Waals surface area contributed by atoms with E-state index < -0.39 is 29.1 Å². The summed E-state index contributed by atoms with van der Waals surface area (Å²) in [6, 6.07) is 14.9. The van der Waals surface area contributed by atoms with Crippen molar-refractivity contribution in [3.63, 3.8) is 0 Å². The summed E-state index contributed by atoms with van der Waals surface area (Å²) in [6.07, 6.45) is 10.8. The molecule has 3 amide bonds. The lowest BCUT2D eigenvalue weighted by Gasteiger charge is -2.30. The number of nitrogens with one attached hydrogen (secondary N) is 3. The lowest BCUT2D eigenvalue weighted by Crippen LogP contribution is -2.35. The molecule has 3 aromatic rings. The van der Waals surface area contributed by atoms with Crippen molar-refractivity contribution >= 4 is 23.7 Å². The maximum atomic E-state index is 13.5. The number of rotatable bonds is 34. The van der Waals surface area contributed by atoms with E-state index in [1.165, 1.54) is 0 Å². The molecule has 0 saturated carbocycles. The summed E-state index contributed by atoms with van der Waals surface area (Å²) < 4.78 is 34.5. The van der Waals surface area contributed by atoms with Crippen molar-refractivity contribution in [2.45, 2.75) is 38.5 Å². The standard InChI is InChI=1S/C50H61N3O11/c1-7-31-59-40-22-13-19-37(43(40)62-34-10-4)46(54)51-28-16-25-50(49(57)58,26-17-29-52-47(55)38-20-14-23-41(60-32-8-2)44(38)63-35-11-5)27-18-30-53-48(56)39-21-15-24-42(61-33-9-3)45(39)64-36-12-6/h7-15,19-24H,1-6,16-18,25-36H2,(H,51,54)(H,52,55)(H,53,56)(H,57,58). The highest BCUT2D eigenvalue weighted by Crippen LogP contribution is 2.37. The van der Waals surface area contributed by atoms with Crippen molar-refractivity contribution in [3.8, 4) is 34.5 Å². The van der Waals surface area contributed by atoms with Gasteiger partial charge in [0.25, 0.3) is 17.7 Å². The summed E-state index contributed by atoms with van der Waals surface area (Å²) in [5.41, 5.74) is -0.562. The third kappa shape index (κ3) is 15.6. The van der Waals surface area contributed by atoms with E-state index in [-0.39, 0.29) is 112 Å². The van der Waals surface area contributed by atoms with Crippen LogP contribution in [0.5, 0.6) is 34.5 Å². The number of carboxylic acid groups (broad SMARTS) is 1. The van der Waals surface area contributed by atoms with Gasteiger partial charge in [-0.15, -0.1) is 0 Å². The van der Waals surface area contributed by atoms with E-state index in [2.05, 4.69) is 55.4 Å². The Morgan fingerprint density at radius 1 is 0.453 bits per heavy atom. The lowest BCUT2D eigenvalue weighted by molar-refractivity contribution is -0.150. The van der Waals surface area contributed by atoms with Crippen LogP contribution >= 0.6 is 0 Å². The number of carbonyl (C=O) groups is 4. The first-order valence-electron chi connectivity index (χ1n) is 21.0. The molecule has 0 aromatic heterocycles. The molecule has 4 N–H and O–H groups in total. The van der Waals surface area contributed by atoms with E-state index in [0.717, 1.165) is 0 Å². The fourth-order valence-corrected chi connectivity index (χ4v) is 6.61. The number of aliphatic carboxylic acids is 1. The summed E-state index contributed by atoms with van der Waals surface area (Å²) in [5.74, 6) is -0.501. The molecule has 64 heavy (non-hydrogen) atoms. The van der Waals surface area contributed by atoms with Gasteiger partial charge in [0, 0.05) is 19.6 Å². The van der Waals surface area contributed by atoms with Gasteiger partial charge in [-0.3, -0.25) is 19.2 Å². The minimum atomic E-state index is -1.29. The van der Waals surface area contributed by atoms with E-state index in [1.807, 2.05) is 0 Å². The van der Waals surface area contributed by atoms with E-state index >= 15 is 0 Å². The van der Waals surface area contributed by atoms with Gasteiger partial charge in [-0.05, 0) is 74.9 Å². The average molecular weight is 880 g/mol. The van der Waals surface area contributed by atoms with Crippen LogP contribution in [0.4, 0.5) is 0 Å². The van der Waals surface area contributed by atoms with Crippen LogP contribution in [0.15, 0.2) is 131 Å². The minimum Gasteiger partial charge on any atom is -0.486 e. The first kappa shape index (κ1) is 51.1. The van der Waals surface area contributed by atoms with Crippen molar-refractivity contribution in [1.82, 2.24) is 16.0 Å². The number of ether oxygens (including phenoxy) is 6. The highest BCUT2D eigenvalue weighted by Gasteiger charge is 2.37. The van der Waals surface area contributed by atoms with Crippen molar-refractivity contribution in [3.05, 3.63) is 147 Å². The van der Waals surface area contributed by atoms with E-state index in [1.54, 1.807) is 91.1 Å². The topological polar surface area (TPSA) is 180 Å². The van der Waals surface area contributed by atoms with Gasteiger partial charge in [-0.25, -0.2) is 0 Å². The third-order valence-corrected chi connectivity index (χ3v) is 9.58. The molecule has 0 bridgehead atoms. The molecule has 0 aliphatic carbocycles. The second-order valence-corrected chi connectivity index (χ2v) is 14.2. The summed E-state index contributed by atoms with van der Waals surface area (Å²) in [7, 11) is 0. The average Bonchev–Trinajstić information content (AvgIpc) is 3.30. The maximum absolute atomic E-state index is 13.5. The molecular weight excluding hydrogens is 819 g/mol. The predicted molar refractivity (Wildman–Crippen MR) is 248 cm³/mol. The van der Waals surface area contributed by atoms with Crippen LogP contribution in [0.25, 0.3) is 0 Å². The highest BCUT2D eigenvalue weighted by molar-refractivity contribution is 5.99. The van der Waals surface area contributed by atoms with Crippen LogP contribution in [0, 0.1) is 5.41 Å². The molecule has 0 spiro atoms. The van der Waals surface area contributed by atoms with Crippen molar-refractivity contribution in [2.24, 2.45) is 5.41 Å². The Morgan fingerprint density at radius 2 is 0.719 bits per heavy atom. The summed E-state index contributed by atoms with van der Waals surface area (Å²) >= 11 is 0. The van der Waals surface area contributed by atoms with Gasteiger partial charge in [0.05, 0.1) is 22.1 Å². The highest BCUT2D eigenvalue weighted by atomic mass is 16.5. The Morgan fingerprint density at radius 3 is 0.969 bits per heavy atom. The second-order valence-electron chi connectivity index (χ2n) is 14.2. The molecule has 0 atom stereocenters. The van der Waals surface area contributed by atoms with Crippen LogP contribution in [0.1, 0.15) is 69.6 Å². The van der Waals surface area contributed by atoms with Gasteiger partial charge < -0.3 is 49.5 Å². The zero-order valence-corrected chi connectivity index (χ0v) is 36.5. The van der Waals surface area contributed by atoms with Crippen LogP contribution in [-0.4, -0.2) is 88.1 Å². The van der Waals surface area contributed by atoms with Crippen molar-refractivity contribution in [1.29, 1.82) is 0 Å². The van der Waals surface area contributed by atoms with Crippen LogP contribution in [-0.2, 0) is 4.79 Å². The Kier molecular flexibility index (Phi) is 22.7. The van der Waals surface area contributed by atoms with E-state index in [4.69, 9.17) is 28.4 Å². The molecule has 0 saturated heterocycles. The maximum Gasteiger partial charge on any atom is 0.309 e. The molecule has 14 heteroatoms. The Hall–Kier alpha value is -7.22. The Labute approximate surface area is 376 Å². The zero-order chi connectivity index (χ0) is 46.6. The van der Waals surface area contributed by atoms with Crippen LogP contribution in [0.2, 0.25) is 0 Å². The quantitative estimate of drug-likeness (QED) is 0.0337. The molecule has 0 aliphatic heterocycles. The van der Waals surface area contributed by atoms with Crippen molar-refractivity contribution < 1.29 is 52.7 Å². The number of amides is 3. The first-order valence-corrected chi connectivity index (χ1v) is 21.0. The molecule has 0 unspecified atom stereocenters. The SMILES string of the molecule is C=CCOc1cccc(C(=O)NCCCC(CCCNC(=O)c2cccc(OCC=C)c2OCC=C)(CCCNC(=O)c2cccc(OCC=C)c2OCC=C)C(=O)O)c1OCC=C. The number of hydrogen-bond donors (Lipinski definition) is 4. The molecule has 0 fully saturated rings. The fourth-order valence-electron chi connectivity index (χ4n) is 6.61. The summed E-state index contributed by atoms with van der Waals surface area (Å²) in [6.45, 7) is 23.5. The van der Waals surface area contributed by atoms with E-state index in [0.29, 0.717) is 36.5 Å². The molecule has 3 rings (SSSR count). The minimum absolute atomic E-state index is 0.137. The van der Waals surface area contributed by atoms with Gasteiger partial charge in [0.15, 0.2) is 34.5 Å². The monoisotopic (exact) mass is 879 g/mol.